The first-order chi connectivity index (χ1) is 6.52. The van der Waals surface area contributed by atoms with Crippen molar-refractivity contribution in [2.24, 2.45) is 0 Å². The van der Waals surface area contributed by atoms with Crippen LogP contribution in [0, 0.1) is 0 Å². The van der Waals surface area contributed by atoms with Gasteiger partial charge in [-0.25, -0.2) is 18.1 Å². The van der Waals surface area contributed by atoms with Gasteiger partial charge in [0.25, 0.3) is 10.0 Å². The molecule has 0 amide bonds. The summed E-state index contributed by atoms with van der Waals surface area (Å²) in [5.74, 6) is -1.06. The molecule has 0 unspecified atom stereocenters. The molecule has 0 spiro atoms. The Morgan fingerprint density at radius 2 is 2.36 bits per heavy atom. The van der Waals surface area contributed by atoms with Gasteiger partial charge in [0.15, 0.2) is 5.03 Å². The van der Waals surface area contributed by atoms with E-state index >= 15 is 0 Å². The second-order valence-electron chi connectivity index (χ2n) is 2.46. The quantitative estimate of drug-likeness (QED) is 0.598. The van der Waals surface area contributed by atoms with Gasteiger partial charge < -0.3 is 10.1 Å². The second-order valence-corrected chi connectivity index (χ2v) is 4.19. The van der Waals surface area contributed by atoms with Gasteiger partial charge in [-0.15, -0.1) is 0 Å². The Kier molecular flexibility index (Phi) is 3.20. The standard InChI is InChI=1S/C6H9N3O4S/c10-6(11)1-2-9-14(12,13)5-3-7-4-8-5/h3-4,9H,1-2H2,(H,7,8)(H,10,11). The Balaban J connectivity index is 2.56. The van der Waals surface area contributed by atoms with E-state index in [0.717, 1.165) is 6.20 Å². The minimum Gasteiger partial charge on any atom is -0.481 e. The van der Waals surface area contributed by atoms with Crippen LogP contribution < -0.4 is 4.72 Å². The van der Waals surface area contributed by atoms with Gasteiger partial charge in [0.05, 0.1) is 18.9 Å². The zero-order valence-electron chi connectivity index (χ0n) is 7.10. The third-order valence-corrected chi connectivity index (χ3v) is 2.78. The van der Waals surface area contributed by atoms with E-state index in [0.29, 0.717) is 0 Å². The maximum Gasteiger partial charge on any atom is 0.304 e. The number of carboxylic acids is 1. The van der Waals surface area contributed by atoms with Crippen molar-refractivity contribution in [3.8, 4) is 0 Å². The topological polar surface area (TPSA) is 112 Å². The van der Waals surface area contributed by atoms with E-state index in [1.54, 1.807) is 0 Å². The number of aromatic nitrogens is 2. The first-order valence-electron chi connectivity index (χ1n) is 3.72. The van der Waals surface area contributed by atoms with Gasteiger partial charge in [-0.05, 0) is 0 Å². The fourth-order valence-electron chi connectivity index (χ4n) is 0.760. The van der Waals surface area contributed by atoms with Gasteiger partial charge >= 0.3 is 5.97 Å². The first kappa shape index (κ1) is 10.7. The lowest BCUT2D eigenvalue weighted by molar-refractivity contribution is -0.136. The van der Waals surface area contributed by atoms with Crippen LogP contribution in [0.5, 0.6) is 0 Å². The smallest absolute Gasteiger partial charge is 0.304 e. The summed E-state index contributed by atoms with van der Waals surface area (Å²) in [6.07, 6.45) is 2.11. The number of nitrogens with zero attached hydrogens (tertiary/aromatic N) is 1. The monoisotopic (exact) mass is 219 g/mol. The molecule has 0 saturated carbocycles. The maximum atomic E-state index is 11.3. The molecule has 1 aromatic heterocycles. The van der Waals surface area contributed by atoms with E-state index in [4.69, 9.17) is 5.11 Å². The lowest BCUT2D eigenvalue weighted by atomic mass is 10.5. The molecule has 78 valence electrons. The number of sulfonamides is 1. The number of carboxylic acid groups (broad SMARTS) is 1. The molecule has 0 radical (unpaired) electrons. The second kappa shape index (κ2) is 4.20. The van der Waals surface area contributed by atoms with Gasteiger partial charge in [-0.2, -0.15) is 0 Å². The summed E-state index contributed by atoms with van der Waals surface area (Å²) in [4.78, 5) is 16.1. The number of aliphatic carboxylic acids is 1. The predicted octanol–water partition coefficient (Wildman–Crippen LogP) is -0.837. The SMILES string of the molecule is O=C(O)CCNS(=O)(=O)c1cnc[nH]1. The molecule has 1 heterocycles. The van der Waals surface area contributed by atoms with Crippen LogP contribution in [0.1, 0.15) is 6.42 Å². The maximum absolute atomic E-state index is 11.3. The summed E-state index contributed by atoms with van der Waals surface area (Å²) in [6, 6.07) is 0. The van der Waals surface area contributed by atoms with Crippen molar-refractivity contribution in [3.63, 3.8) is 0 Å². The molecule has 7 nitrogen and oxygen atoms in total. The molecule has 0 fully saturated rings. The number of hydrogen-bond acceptors (Lipinski definition) is 4. The van der Waals surface area contributed by atoms with Crippen LogP contribution in [0.25, 0.3) is 0 Å². The van der Waals surface area contributed by atoms with Crippen molar-refractivity contribution in [2.75, 3.05) is 6.54 Å². The van der Waals surface area contributed by atoms with Crippen molar-refractivity contribution >= 4 is 16.0 Å². The average molecular weight is 219 g/mol. The summed E-state index contributed by atoms with van der Waals surface area (Å²) < 4.78 is 24.7. The molecule has 3 N–H and O–H groups in total. The number of carbonyl (C=O) groups is 1. The van der Waals surface area contributed by atoms with E-state index < -0.39 is 16.0 Å². The van der Waals surface area contributed by atoms with Crippen LogP contribution in [0.3, 0.4) is 0 Å². The van der Waals surface area contributed by atoms with Crippen molar-refractivity contribution < 1.29 is 18.3 Å². The lowest BCUT2D eigenvalue weighted by Gasteiger charge is -2.01. The molecule has 14 heavy (non-hydrogen) atoms. The predicted molar refractivity (Wildman–Crippen MR) is 46.0 cm³/mol. The highest BCUT2D eigenvalue weighted by molar-refractivity contribution is 7.89. The number of rotatable bonds is 5. The summed E-state index contributed by atoms with van der Waals surface area (Å²) in [6.45, 7) is -0.142. The molecule has 0 saturated heterocycles. The summed E-state index contributed by atoms with van der Waals surface area (Å²) in [7, 11) is -3.64. The van der Waals surface area contributed by atoms with Gasteiger partial charge in [0.1, 0.15) is 0 Å². The van der Waals surface area contributed by atoms with Crippen LogP contribution in [-0.4, -0.2) is 36.0 Å². The molecule has 1 aromatic rings. The minimum atomic E-state index is -3.64. The molecule has 0 aromatic carbocycles. The Hall–Kier alpha value is -1.41. The average Bonchev–Trinajstić information content (AvgIpc) is 2.54. The molecule has 0 aliphatic rings. The van der Waals surface area contributed by atoms with E-state index in [9.17, 15) is 13.2 Å². The fraction of sp³-hybridized carbons (Fsp3) is 0.333. The first-order valence-corrected chi connectivity index (χ1v) is 5.20. The molecule has 8 heteroatoms. The highest BCUT2D eigenvalue weighted by Crippen LogP contribution is 2.01. The highest BCUT2D eigenvalue weighted by atomic mass is 32.2. The normalized spacial score (nSPS) is 11.4. The number of aromatic amines is 1. The Labute approximate surface area is 80.2 Å². The third-order valence-electron chi connectivity index (χ3n) is 1.39. The molecule has 0 atom stereocenters. The molecule has 0 aliphatic carbocycles. The van der Waals surface area contributed by atoms with Gasteiger partial charge in [-0.3, -0.25) is 4.79 Å². The summed E-state index contributed by atoms with van der Waals surface area (Å²) >= 11 is 0. The Morgan fingerprint density at radius 1 is 1.64 bits per heavy atom. The van der Waals surface area contributed by atoms with Crippen LogP contribution in [-0.2, 0) is 14.8 Å². The number of H-pyrrole nitrogens is 1. The van der Waals surface area contributed by atoms with Crippen LogP contribution in [0.4, 0.5) is 0 Å². The largest absolute Gasteiger partial charge is 0.481 e. The van der Waals surface area contributed by atoms with Gasteiger partial charge in [0.2, 0.25) is 0 Å². The van der Waals surface area contributed by atoms with E-state index in [1.807, 2.05) is 0 Å². The molecule has 1 rings (SSSR count). The Morgan fingerprint density at radius 3 is 2.86 bits per heavy atom. The molecule has 0 aliphatic heterocycles. The van der Waals surface area contributed by atoms with Gasteiger partial charge in [-0.1, -0.05) is 0 Å². The molecular formula is C6H9N3O4S. The minimum absolute atomic E-state index is 0.0807. The zero-order chi connectivity index (χ0) is 10.6. The fourth-order valence-corrected chi connectivity index (χ4v) is 1.69. The van der Waals surface area contributed by atoms with Crippen molar-refractivity contribution in [1.82, 2.24) is 14.7 Å². The van der Waals surface area contributed by atoms with E-state index in [-0.39, 0.29) is 18.0 Å². The van der Waals surface area contributed by atoms with Gasteiger partial charge in [0, 0.05) is 6.54 Å². The number of imidazole rings is 1. The lowest BCUT2D eigenvalue weighted by Crippen LogP contribution is -2.26. The number of nitrogens with one attached hydrogen (secondary N) is 2. The van der Waals surface area contributed by atoms with Crippen LogP contribution >= 0.6 is 0 Å². The van der Waals surface area contributed by atoms with Crippen LogP contribution in [0.15, 0.2) is 17.6 Å². The van der Waals surface area contributed by atoms with E-state index in [2.05, 4.69) is 14.7 Å². The number of hydrogen-bond donors (Lipinski definition) is 3. The molecular weight excluding hydrogens is 210 g/mol. The van der Waals surface area contributed by atoms with E-state index in [1.165, 1.54) is 6.33 Å². The summed E-state index contributed by atoms with van der Waals surface area (Å²) in [5, 5.41) is 8.21. The third kappa shape index (κ3) is 2.82. The van der Waals surface area contributed by atoms with Crippen molar-refractivity contribution in [1.29, 1.82) is 0 Å². The highest BCUT2D eigenvalue weighted by Gasteiger charge is 2.14. The van der Waals surface area contributed by atoms with Crippen molar-refractivity contribution in [3.05, 3.63) is 12.5 Å². The zero-order valence-corrected chi connectivity index (χ0v) is 7.91. The van der Waals surface area contributed by atoms with Crippen LogP contribution in [0.2, 0.25) is 0 Å². The summed E-state index contributed by atoms with van der Waals surface area (Å²) in [5.41, 5.74) is 0. The Bertz CT molecular complexity index is 397. The molecule has 0 bridgehead atoms. The van der Waals surface area contributed by atoms with Crippen molar-refractivity contribution in [2.45, 2.75) is 11.4 Å².